The molecule has 2 amide bonds. The lowest BCUT2D eigenvalue weighted by atomic mass is 9.83. The molecule has 1 aliphatic carbocycles. The summed E-state index contributed by atoms with van der Waals surface area (Å²) in [6.45, 7) is 4.77. The Balaban J connectivity index is 1.49. The number of morpholine rings is 1. The fourth-order valence-electron chi connectivity index (χ4n) is 4.56. The Labute approximate surface area is 149 Å². The first-order chi connectivity index (χ1) is 12.2. The summed E-state index contributed by atoms with van der Waals surface area (Å²) >= 11 is 0. The standard InChI is InChI=1S/C20H28N2O3/c1-15-12-22(14-20(25-15)9-3-2-4-10-20)19(23)21-18-7-5-6-16-8-11-24-13-17(16)18/h5-7,15H,2-4,8-14H2,1H3,(H,21,23). The molecule has 1 unspecified atom stereocenters. The average molecular weight is 344 g/mol. The summed E-state index contributed by atoms with van der Waals surface area (Å²) in [5.41, 5.74) is 3.16. The lowest BCUT2D eigenvalue weighted by Crippen LogP contribution is -2.58. The molecular formula is C20H28N2O3. The molecule has 1 aromatic rings. The van der Waals surface area contributed by atoms with Crippen LogP contribution in [0.5, 0.6) is 0 Å². The van der Waals surface area contributed by atoms with Gasteiger partial charge in [-0.1, -0.05) is 31.4 Å². The molecule has 4 rings (SSSR count). The first-order valence-corrected chi connectivity index (χ1v) is 9.57. The van der Waals surface area contributed by atoms with Crippen LogP contribution < -0.4 is 5.32 Å². The Morgan fingerprint density at radius 1 is 1.28 bits per heavy atom. The summed E-state index contributed by atoms with van der Waals surface area (Å²) in [5.74, 6) is 0. The van der Waals surface area contributed by atoms with Gasteiger partial charge >= 0.3 is 6.03 Å². The van der Waals surface area contributed by atoms with E-state index in [9.17, 15) is 4.79 Å². The zero-order valence-electron chi connectivity index (χ0n) is 15.1. The lowest BCUT2D eigenvalue weighted by molar-refractivity contribution is -0.152. The lowest BCUT2D eigenvalue weighted by Gasteiger charge is -2.47. The van der Waals surface area contributed by atoms with Gasteiger partial charge in [-0.05, 0) is 37.8 Å². The molecule has 5 nitrogen and oxygen atoms in total. The molecule has 3 aliphatic rings. The molecule has 2 heterocycles. The van der Waals surface area contributed by atoms with Crippen molar-refractivity contribution in [3.63, 3.8) is 0 Å². The van der Waals surface area contributed by atoms with Crippen LogP contribution in [0.25, 0.3) is 0 Å². The van der Waals surface area contributed by atoms with Gasteiger partial charge in [0.25, 0.3) is 0 Å². The Kier molecular flexibility index (Phi) is 4.69. The van der Waals surface area contributed by atoms with E-state index in [1.165, 1.54) is 24.8 Å². The molecule has 25 heavy (non-hydrogen) atoms. The third-order valence-corrected chi connectivity index (χ3v) is 5.74. The van der Waals surface area contributed by atoms with Crippen molar-refractivity contribution in [3.8, 4) is 0 Å². The highest BCUT2D eigenvalue weighted by molar-refractivity contribution is 5.90. The van der Waals surface area contributed by atoms with Gasteiger partial charge in [0, 0.05) is 17.8 Å². The number of rotatable bonds is 1. The summed E-state index contributed by atoms with van der Waals surface area (Å²) in [7, 11) is 0. The molecule has 0 bridgehead atoms. The maximum Gasteiger partial charge on any atom is 0.322 e. The maximum atomic E-state index is 12.9. The molecular weight excluding hydrogens is 316 g/mol. The van der Waals surface area contributed by atoms with Crippen molar-refractivity contribution < 1.29 is 14.3 Å². The molecule has 2 fully saturated rings. The van der Waals surface area contributed by atoms with Crippen molar-refractivity contribution in [2.75, 3.05) is 25.0 Å². The van der Waals surface area contributed by atoms with Crippen molar-refractivity contribution in [2.24, 2.45) is 0 Å². The zero-order chi connectivity index (χ0) is 17.3. The number of amides is 2. The van der Waals surface area contributed by atoms with Gasteiger partial charge in [0.05, 0.1) is 31.5 Å². The van der Waals surface area contributed by atoms with Gasteiger partial charge in [0.15, 0.2) is 0 Å². The number of nitrogens with zero attached hydrogens (tertiary/aromatic N) is 1. The van der Waals surface area contributed by atoms with Crippen LogP contribution in [-0.2, 0) is 22.5 Å². The van der Waals surface area contributed by atoms with Gasteiger partial charge in [-0.15, -0.1) is 0 Å². The SMILES string of the molecule is CC1CN(C(=O)Nc2cccc3c2COCC3)CC2(CCCCC2)O1. The highest BCUT2D eigenvalue weighted by Crippen LogP contribution is 2.36. The van der Waals surface area contributed by atoms with Gasteiger partial charge in [0.2, 0.25) is 0 Å². The summed E-state index contributed by atoms with van der Waals surface area (Å²) in [6, 6.07) is 6.11. The number of benzene rings is 1. The first kappa shape index (κ1) is 16.9. The first-order valence-electron chi connectivity index (χ1n) is 9.57. The number of carbonyl (C=O) groups is 1. The van der Waals surface area contributed by atoms with Crippen LogP contribution in [-0.4, -0.2) is 42.3 Å². The van der Waals surface area contributed by atoms with Crippen LogP contribution in [0, 0.1) is 0 Å². The van der Waals surface area contributed by atoms with E-state index in [-0.39, 0.29) is 17.7 Å². The quantitative estimate of drug-likeness (QED) is 0.845. The van der Waals surface area contributed by atoms with Gasteiger partial charge in [-0.25, -0.2) is 4.79 Å². The minimum atomic E-state index is -0.132. The fourth-order valence-corrected chi connectivity index (χ4v) is 4.56. The molecule has 1 spiro atoms. The van der Waals surface area contributed by atoms with E-state index >= 15 is 0 Å². The molecule has 5 heteroatoms. The number of urea groups is 1. The number of carbonyl (C=O) groups excluding carboxylic acids is 1. The molecule has 136 valence electrons. The molecule has 0 radical (unpaired) electrons. The Hall–Kier alpha value is -1.59. The van der Waals surface area contributed by atoms with Crippen LogP contribution in [0.3, 0.4) is 0 Å². The minimum Gasteiger partial charge on any atom is -0.376 e. The van der Waals surface area contributed by atoms with E-state index in [2.05, 4.69) is 18.3 Å². The van der Waals surface area contributed by atoms with Crippen molar-refractivity contribution in [1.82, 2.24) is 4.90 Å². The monoisotopic (exact) mass is 344 g/mol. The fraction of sp³-hybridized carbons (Fsp3) is 0.650. The maximum absolute atomic E-state index is 12.9. The predicted molar refractivity (Wildman–Crippen MR) is 96.8 cm³/mol. The summed E-state index contributed by atoms with van der Waals surface area (Å²) < 4.78 is 11.9. The van der Waals surface area contributed by atoms with E-state index in [4.69, 9.17) is 9.47 Å². The number of hydrogen-bond donors (Lipinski definition) is 1. The Bertz CT molecular complexity index is 640. The topological polar surface area (TPSA) is 50.8 Å². The molecule has 1 N–H and O–H groups in total. The van der Waals surface area contributed by atoms with Gasteiger partial charge in [0.1, 0.15) is 0 Å². The number of fused-ring (bicyclic) bond motifs is 1. The molecule has 1 saturated carbocycles. The van der Waals surface area contributed by atoms with Crippen LogP contribution in [0.1, 0.15) is 50.2 Å². The number of anilines is 1. The largest absolute Gasteiger partial charge is 0.376 e. The second-order valence-corrected chi connectivity index (χ2v) is 7.73. The zero-order valence-corrected chi connectivity index (χ0v) is 15.1. The number of hydrogen-bond acceptors (Lipinski definition) is 3. The van der Waals surface area contributed by atoms with Gasteiger partial charge in [-0.3, -0.25) is 0 Å². The Morgan fingerprint density at radius 3 is 2.96 bits per heavy atom. The van der Waals surface area contributed by atoms with Crippen molar-refractivity contribution in [1.29, 1.82) is 0 Å². The van der Waals surface area contributed by atoms with E-state index in [1.807, 2.05) is 17.0 Å². The molecule has 1 aromatic carbocycles. The second-order valence-electron chi connectivity index (χ2n) is 7.73. The highest BCUT2D eigenvalue weighted by atomic mass is 16.5. The second kappa shape index (κ2) is 6.96. The van der Waals surface area contributed by atoms with Crippen molar-refractivity contribution >= 4 is 11.7 Å². The summed E-state index contributed by atoms with van der Waals surface area (Å²) in [4.78, 5) is 14.9. The smallest absolute Gasteiger partial charge is 0.322 e. The minimum absolute atomic E-state index is 0.0147. The normalized spacial score (nSPS) is 25.5. The van der Waals surface area contributed by atoms with E-state index in [0.717, 1.165) is 37.1 Å². The Morgan fingerprint density at radius 2 is 2.12 bits per heavy atom. The van der Waals surface area contributed by atoms with Gasteiger partial charge < -0.3 is 19.7 Å². The molecule has 1 atom stereocenters. The third kappa shape index (κ3) is 3.53. The van der Waals surface area contributed by atoms with Crippen LogP contribution >= 0.6 is 0 Å². The third-order valence-electron chi connectivity index (χ3n) is 5.74. The van der Waals surface area contributed by atoms with Crippen LogP contribution in [0.2, 0.25) is 0 Å². The average Bonchev–Trinajstić information content (AvgIpc) is 2.62. The highest BCUT2D eigenvalue weighted by Gasteiger charge is 2.41. The van der Waals surface area contributed by atoms with E-state index in [0.29, 0.717) is 19.7 Å². The van der Waals surface area contributed by atoms with Crippen LogP contribution in [0.4, 0.5) is 10.5 Å². The van der Waals surface area contributed by atoms with Crippen molar-refractivity contribution in [2.45, 2.75) is 63.8 Å². The molecule has 1 saturated heterocycles. The number of nitrogens with one attached hydrogen (secondary N) is 1. The van der Waals surface area contributed by atoms with E-state index in [1.54, 1.807) is 0 Å². The number of ether oxygens (including phenoxy) is 2. The summed E-state index contributed by atoms with van der Waals surface area (Å²) in [6.07, 6.45) is 6.81. The predicted octanol–water partition coefficient (Wildman–Crippen LogP) is 3.71. The van der Waals surface area contributed by atoms with Crippen LogP contribution in [0.15, 0.2) is 18.2 Å². The van der Waals surface area contributed by atoms with Crippen molar-refractivity contribution in [3.05, 3.63) is 29.3 Å². The van der Waals surface area contributed by atoms with Gasteiger partial charge in [-0.2, -0.15) is 0 Å². The molecule has 0 aromatic heterocycles. The van der Waals surface area contributed by atoms with E-state index < -0.39 is 0 Å². The molecule has 2 aliphatic heterocycles. The summed E-state index contributed by atoms with van der Waals surface area (Å²) in [5, 5.41) is 3.13.